The summed E-state index contributed by atoms with van der Waals surface area (Å²) in [7, 11) is 0. The van der Waals surface area contributed by atoms with Crippen molar-refractivity contribution in [2.24, 2.45) is 0 Å². The molecule has 0 radical (unpaired) electrons. The Morgan fingerprint density at radius 2 is 2.28 bits per heavy atom. The van der Waals surface area contributed by atoms with Crippen LogP contribution in [0.3, 0.4) is 0 Å². The smallest absolute Gasteiger partial charge is 0.324 e. The SMILES string of the molecule is CCOC(=O)C(CN1CCOC(C)C1)NC(C)C. The number of hydrogen-bond donors (Lipinski definition) is 1. The van der Waals surface area contributed by atoms with Crippen LogP contribution < -0.4 is 5.32 Å². The van der Waals surface area contributed by atoms with E-state index in [9.17, 15) is 4.79 Å². The van der Waals surface area contributed by atoms with E-state index < -0.39 is 0 Å². The zero-order chi connectivity index (χ0) is 13.5. The maximum absolute atomic E-state index is 11.9. The first kappa shape index (κ1) is 15.4. The number of nitrogens with one attached hydrogen (secondary N) is 1. The monoisotopic (exact) mass is 258 g/mol. The predicted molar refractivity (Wildman–Crippen MR) is 70.5 cm³/mol. The van der Waals surface area contributed by atoms with Crippen molar-refractivity contribution in [2.45, 2.75) is 45.9 Å². The van der Waals surface area contributed by atoms with Gasteiger partial charge in [-0.15, -0.1) is 0 Å². The largest absolute Gasteiger partial charge is 0.465 e. The van der Waals surface area contributed by atoms with Crippen molar-refractivity contribution in [3.8, 4) is 0 Å². The van der Waals surface area contributed by atoms with Gasteiger partial charge in [0.2, 0.25) is 0 Å². The van der Waals surface area contributed by atoms with E-state index in [1.165, 1.54) is 0 Å². The second kappa shape index (κ2) is 7.71. The van der Waals surface area contributed by atoms with Gasteiger partial charge in [-0.2, -0.15) is 0 Å². The van der Waals surface area contributed by atoms with Crippen LogP contribution in [0.4, 0.5) is 0 Å². The highest BCUT2D eigenvalue weighted by molar-refractivity contribution is 5.76. The molecule has 1 aliphatic heterocycles. The molecule has 5 nitrogen and oxygen atoms in total. The zero-order valence-electron chi connectivity index (χ0n) is 11.9. The van der Waals surface area contributed by atoms with Crippen LogP contribution in [0, 0.1) is 0 Å². The van der Waals surface area contributed by atoms with Gasteiger partial charge in [-0.1, -0.05) is 13.8 Å². The quantitative estimate of drug-likeness (QED) is 0.708. The maximum Gasteiger partial charge on any atom is 0.324 e. The lowest BCUT2D eigenvalue weighted by Crippen LogP contribution is -2.52. The summed E-state index contributed by atoms with van der Waals surface area (Å²) in [5, 5.41) is 3.27. The predicted octanol–water partition coefficient (Wildman–Crippen LogP) is 0.637. The van der Waals surface area contributed by atoms with Crippen LogP contribution in [0.1, 0.15) is 27.7 Å². The molecule has 1 rings (SSSR count). The summed E-state index contributed by atoms with van der Waals surface area (Å²) in [5.41, 5.74) is 0. The third-order valence-corrected chi connectivity index (χ3v) is 2.87. The molecule has 1 N–H and O–H groups in total. The normalized spacial score (nSPS) is 23.1. The summed E-state index contributed by atoms with van der Waals surface area (Å²) < 4.78 is 10.6. The molecule has 0 saturated carbocycles. The van der Waals surface area contributed by atoms with Gasteiger partial charge < -0.3 is 14.8 Å². The molecule has 1 fully saturated rings. The summed E-state index contributed by atoms with van der Waals surface area (Å²) in [6.45, 7) is 11.6. The average molecular weight is 258 g/mol. The van der Waals surface area contributed by atoms with Crippen molar-refractivity contribution in [3.05, 3.63) is 0 Å². The lowest BCUT2D eigenvalue weighted by Gasteiger charge is -2.33. The first-order chi connectivity index (χ1) is 8.52. The van der Waals surface area contributed by atoms with Crippen LogP contribution in [0.15, 0.2) is 0 Å². The Balaban J connectivity index is 2.51. The molecule has 0 aromatic carbocycles. The number of ether oxygens (including phenoxy) is 2. The molecular formula is C13H26N2O3. The lowest BCUT2D eigenvalue weighted by molar-refractivity contribution is -0.147. The molecule has 0 aromatic rings. The van der Waals surface area contributed by atoms with Gasteiger partial charge in [0.1, 0.15) is 6.04 Å². The molecule has 0 bridgehead atoms. The standard InChI is InChI=1S/C13H26N2O3/c1-5-17-13(16)12(14-10(2)3)9-15-6-7-18-11(4)8-15/h10-12,14H,5-9H2,1-4H3. The van der Waals surface area contributed by atoms with Gasteiger partial charge in [0, 0.05) is 25.7 Å². The molecule has 0 aliphatic carbocycles. The molecule has 0 aromatic heterocycles. The van der Waals surface area contributed by atoms with Crippen LogP contribution in [-0.2, 0) is 14.3 Å². The highest BCUT2D eigenvalue weighted by Gasteiger charge is 2.26. The van der Waals surface area contributed by atoms with E-state index in [-0.39, 0.29) is 24.2 Å². The average Bonchev–Trinajstić information content (AvgIpc) is 2.28. The summed E-state index contributed by atoms with van der Waals surface area (Å²) in [6, 6.07) is 0.00752. The van der Waals surface area contributed by atoms with E-state index in [0.717, 1.165) is 19.7 Å². The summed E-state index contributed by atoms with van der Waals surface area (Å²) in [6.07, 6.45) is 0.237. The van der Waals surface area contributed by atoms with Crippen molar-refractivity contribution in [1.82, 2.24) is 10.2 Å². The summed E-state index contributed by atoms with van der Waals surface area (Å²) in [4.78, 5) is 14.1. The van der Waals surface area contributed by atoms with E-state index >= 15 is 0 Å². The first-order valence-corrected chi connectivity index (χ1v) is 6.79. The molecule has 0 amide bonds. The molecule has 1 aliphatic rings. The van der Waals surface area contributed by atoms with Crippen molar-refractivity contribution in [3.63, 3.8) is 0 Å². The molecule has 0 spiro atoms. The van der Waals surface area contributed by atoms with Gasteiger partial charge in [0.25, 0.3) is 0 Å². The minimum absolute atomic E-state index is 0.162. The van der Waals surface area contributed by atoms with E-state index in [0.29, 0.717) is 13.2 Å². The second-order valence-corrected chi connectivity index (χ2v) is 5.07. The minimum atomic E-state index is -0.254. The van der Waals surface area contributed by atoms with Gasteiger partial charge in [-0.3, -0.25) is 9.69 Å². The van der Waals surface area contributed by atoms with Crippen molar-refractivity contribution >= 4 is 5.97 Å². The minimum Gasteiger partial charge on any atom is -0.465 e. The lowest BCUT2D eigenvalue weighted by atomic mass is 10.2. The fraction of sp³-hybridized carbons (Fsp3) is 0.923. The van der Waals surface area contributed by atoms with E-state index in [1.54, 1.807) is 0 Å². The van der Waals surface area contributed by atoms with Gasteiger partial charge >= 0.3 is 5.97 Å². The Morgan fingerprint density at radius 3 is 2.83 bits per heavy atom. The number of nitrogens with zero attached hydrogens (tertiary/aromatic N) is 1. The Hall–Kier alpha value is -0.650. The summed E-state index contributed by atoms with van der Waals surface area (Å²) in [5.74, 6) is -0.162. The first-order valence-electron chi connectivity index (χ1n) is 6.79. The van der Waals surface area contributed by atoms with Gasteiger partial charge in [0.05, 0.1) is 19.3 Å². The number of esters is 1. The van der Waals surface area contributed by atoms with Crippen molar-refractivity contribution in [2.75, 3.05) is 32.8 Å². The molecule has 1 heterocycles. The van der Waals surface area contributed by atoms with Crippen LogP contribution in [0.25, 0.3) is 0 Å². The third kappa shape index (κ3) is 5.33. The molecule has 1 saturated heterocycles. The number of carbonyl (C=O) groups is 1. The Labute approximate surface area is 110 Å². The van der Waals surface area contributed by atoms with E-state index in [1.807, 2.05) is 20.8 Å². The van der Waals surface area contributed by atoms with Crippen LogP contribution in [-0.4, -0.2) is 61.9 Å². The highest BCUT2D eigenvalue weighted by Crippen LogP contribution is 2.06. The van der Waals surface area contributed by atoms with E-state index in [4.69, 9.17) is 9.47 Å². The van der Waals surface area contributed by atoms with Gasteiger partial charge in [-0.05, 0) is 13.8 Å². The Kier molecular flexibility index (Phi) is 6.60. The topological polar surface area (TPSA) is 50.8 Å². The number of morpholine rings is 1. The molecule has 18 heavy (non-hydrogen) atoms. The Morgan fingerprint density at radius 1 is 1.56 bits per heavy atom. The number of hydrogen-bond acceptors (Lipinski definition) is 5. The second-order valence-electron chi connectivity index (χ2n) is 5.07. The van der Waals surface area contributed by atoms with Gasteiger partial charge in [-0.25, -0.2) is 0 Å². The van der Waals surface area contributed by atoms with Crippen LogP contribution >= 0.6 is 0 Å². The maximum atomic E-state index is 11.9. The molecule has 5 heteroatoms. The number of rotatable bonds is 6. The number of carbonyl (C=O) groups excluding carboxylic acids is 1. The summed E-state index contributed by atoms with van der Waals surface area (Å²) >= 11 is 0. The third-order valence-electron chi connectivity index (χ3n) is 2.87. The fourth-order valence-corrected chi connectivity index (χ4v) is 2.16. The van der Waals surface area contributed by atoms with E-state index in [2.05, 4.69) is 17.1 Å². The van der Waals surface area contributed by atoms with Gasteiger partial charge in [0.15, 0.2) is 0 Å². The molecule has 2 atom stereocenters. The van der Waals surface area contributed by atoms with Crippen LogP contribution in [0.5, 0.6) is 0 Å². The molecule has 106 valence electrons. The van der Waals surface area contributed by atoms with Crippen molar-refractivity contribution < 1.29 is 14.3 Å². The molecule has 2 unspecified atom stereocenters. The van der Waals surface area contributed by atoms with Crippen LogP contribution in [0.2, 0.25) is 0 Å². The van der Waals surface area contributed by atoms with Crippen molar-refractivity contribution in [1.29, 1.82) is 0 Å². The molecular weight excluding hydrogens is 232 g/mol. The zero-order valence-corrected chi connectivity index (χ0v) is 11.9. The fourth-order valence-electron chi connectivity index (χ4n) is 2.16. The Bertz CT molecular complexity index is 259. The highest BCUT2D eigenvalue weighted by atomic mass is 16.5.